The van der Waals surface area contributed by atoms with Crippen molar-refractivity contribution in [2.24, 2.45) is 0 Å². The molecule has 2 heterocycles. The fourth-order valence-corrected chi connectivity index (χ4v) is 3.97. The lowest BCUT2D eigenvalue weighted by Crippen LogP contribution is -2.53. The molecule has 23 heavy (non-hydrogen) atoms. The van der Waals surface area contributed by atoms with Crippen LogP contribution >= 0.6 is 0 Å². The summed E-state index contributed by atoms with van der Waals surface area (Å²) in [5.74, 6) is 0.211. The van der Waals surface area contributed by atoms with E-state index in [1.54, 1.807) is 0 Å². The van der Waals surface area contributed by atoms with Gasteiger partial charge in [0, 0.05) is 31.2 Å². The number of benzene rings is 2. The molecule has 4 rings (SSSR count). The number of fused-ring (bicyclic) bond motifs is 3. The van der Waals surface area contributed by atoms with E-state index < -0.39 is 0 Å². The second-order valence-corrected chi connectivity index (χ2v) is 6.54. The van der Waals surface area contributed by atoms with Gasteiger partial charge in [0.15, 0.2) is 0 Å². The van der Waals surface area contributed by atoms with E-state index in [2.05, 4.69) is 53.1 Å². The minimum atomic E-state index is 0.211. The monoisotopic (exact) mass is 306 g/mol. The largest absolute Gasteiger partial charge is 0.329 e. The Morgan fingerprint density at radius 2 is 1.74 bits per heavy atom. The Bertz CT molecular complexity index is 713. The summed E-state index contributed by atoms with van der Waals surface area (Å²) in [6.07, 6.45) is 1.07. The molecule has 2 aromatic rings. The van der Waals surface area contributed by atoms with Crippen LogP contribution in [0.3, 0.4) is 0 Å². The molecule has 3 heteroatoms. The zero-order chi connectivity index (χ0) is 15.8. The molecule has 1 amide bonds. The molecule has 0 aromatic heterocycles. The molecule has 1 fully saturated rings. The van der Waals surface area contributed by atoms with E-state index in [1.165, 1.54) is 11.1 Å². The number of rotatable bonds is 3. The molecule has 0 bridgehead atoms. The number of hydrogen-bond acceptors (Lipinski definition) is 2. The molecule has 2 aliphatic heterocycles. The highest BCUT2D eigenvalue weighted by atomic mass is 16.2. The third-order valence-corrected chi connectivity index (χ3v) is 5.22. The first-order valence-corrected chi connectivity index (χ1v) is 8.45. The summed E-state index contributed by atoms with van der Waals surface area (Å²) in [4.78, 5) is 17.3. The van der Waals surface area contributed by atoms with Gasteiger partial charge < -0.3 is 4.90 Å². The van der Waals surface area contributed by atoms with Crippen molar-refractivity contribution in [1.29, 1.82) is 0 Å². The summed E-state index contributed by atoms with van der Waals surface area (Å²) in [5.41, 5.74) is 3.44. The van der Waals surface area contributed by atoms with Crippen LogP contribution in [0.25, 0.3) is 0 Å². The molecule has 2 unspecified atom stereocenters. The van der Waals surface area contributed by atoms with Gasteiger partial charge in [-0.2, -0.15) is 0 Å². The van der Waals surface area contributed by atoms with Crippen LogP contribution in [0.15, 0.2) is 54.6 Å². The molecule has 2 aromatic carbocycles. The molecular formula is C20H22N2O. The Kier molecular flexibility index (Phi) is 3.66. The van der Waals surface area contributed by atoms with Crippen molar-refractivity contribution < 1.29 is 4.79 Å². The summed E-state index contributed by atoms with van der Waals surface area (Å²) in [6, 6.07) is 19.4. The molecule has 2 aliphatic rings. The fraction of sp³-hybridized carbons (Fsp3) is 0.350. The normalized spacial score (nSPS) is 23.7. The van der Waals surface area contributed by atoms with Crippen molar-refractivity contribution in [3.8, 4) is 0 Å². The predicted octanol–water partition coefficient (Wildman–Crippen LogP) is 3.48. The van der Waals surface area contributed by atoms with Crippen molar-refractivity contribution in [2.45, 2.75) is 32.0 Å². The maximum Gasteiger partial charge on any atom is 0.254 e. The van der Waals surface area contributed by atoms with Gasteiger partial charge in [0.25, 0.3) is 5.91 Å². The molecule has 2 atom stereocenters. The standard InChI is InChI=1S/C20H22N2O/c1-2-16-13-22-19(17-10-6-7-11-18(17)20(22)23)14-21(16)12-15-8-4-3-5-9-15/h3-11,16,19H,2,12-14H2,1H3. The van der Waals surface area contributed by atoms with Gasteiger partial charge in [-0.05, 0) is 23.6 Å². The Hall–Kier alpha value is -2.13. The summed E-state index contributed by atoms with van der Waals surface area (Å²) < 4.78 is 0. The highest BCUT2D eigenvalue weighted by molar-refractivity contribution is 5.99. The Balaban J connectivity index is 1.62. The van der Waals surface area contributed by atoms with Gasteiger partial charge in [0.05, 0.1) is 6.04 Å². The van der Waals surface area contributed by atoms with Gasteiger partial charge >= 0.3 is 0 Å². The molecule has 0 saturated carbocycles. The lowest BCUT2D eigenvalue weighted by molar-refractivity contribution is 0.0259. The van der Waals surface area contributed by atoms with Crippen molar-refractivity contribution >= 4 is 5.91 Å². The Morgan fingerprint density at radius 1 is 1.00 bits per heavy atom. The first-order chi connectivity index (χ1) is 11.3. The quantitative estimate of drug-likeness (QED) is 0.867. The number of carbonyl (C=O) groups is 1. The maximum atomic E-state index is 12.7. The Labute approximate surface area is 137 Å². The van der Waals surface area contributed by atoms with Gasteiger partial charge in [0.2, 0.25) is 0 Å². The van der Waals surface area contributed by atoms with E-state index in [0.29, 0.717) is 6.04 Å². The molecule has 3 nitrogen and oxygen atoms in total. The molecule has 0 aliphatic carbocycles. The highest BCUT2D eigenvalue weighted by Gasteiger charge is 2.42. The van der Waals surface area contributed by atoms with Crippen LogP contribution in [0.2, 0.25) is 0 Å². The third-order valence-electron chi connectivity index (χ3n) is 5.22. The second-order valence-electron chi connectivity index (χ2n) is 6.54. The second kappa shape index (κ2) is 5.82. The molecule has 0 spiro atoms. The first-order valence-electron chi connectivity index (χ1n) is 8.45. The lowest BCUT2D eigenvalue weighted by Gasteiger charge is -2.43. The number of nitrogens with zero attached hydrogens (tertiary/aromatic N) is 2. The zero-order valence-corrected chi connectivity index (χ0v) is 13.5. The van der Waals surface area contributed by atoms with Crippen LogP contribution < -0.4 is 0 Å². The molecule has 0 radical (unpaired) electrons. The first kappa shape index (κ1) is 14.5. The predicted molar refractivity (Wildman–Crippen MR) is 91.2 cm³/mol. The van der Waals surface area contributed by atoms with E-state index in [0.717, 1.165) is 31.6 Å². The number of carbonyl (C=O) groups excluding carboxylic acids is 1. The smallest absolute Gasteiger partial charge is 0.254 e. The third kappa shape index (κ3) is 2.45. The van der Waals surface area contributed by atoms with E-state index in [-0.39, 0.29) is 11.9 Å². The lowest BCUT2D eigenvalue weighted by atomic mass is 10.00. The zero-order valence-electron chi connectivity index (χ0n) is 13.5. The van der Waals surface area contributed by atoms with Crippen LogP contribution in [0.4, 0.5) is 0 Å². The van der Waals surface area contributed by atoms with E-state index in [1.807, 2.05) is 18.2 Å². The van der Waals surface area contributed by atoms with E-state index in [4.69, 9.17) is 0 Å². The number of amides is 1. The number of piperazine rings is 1. The van der Waals surface area contributed by atoms with Crippen molar-refractivity contribution in [2.75, 3.05) is 13.1 Å². The summed E-state index contributed by atoms with van der Waals surface area (Å²) in [6.45, 7) is 4.94. The maximum absolute atomic E-state index is 12.7. The van der Waals surface area contributed by atoms with Crippen LogP contribution in [-0.4, -0.2) is 34.8 Å². The van der Waals surface area contributed by atoms with Crippen LogP contribution in [0.1, 0.15) is 40.9 Å². The van der Waals surface area contributed by atoms with Crippen molar-refractivity contribution in [3.63, 3.8) is 0 Å². The average molecular weight is 306 g/mol. The SMILES string of the molecule is CCC1CN2C(=O)c3ccccc3C2CN1Cc1ccccc1. The molecular weight excluding hydrogens is 284 g/mol. The number of hydrogen-bond donors (Lipinski definition) is 0. The minimum absolute atomic E-state index is 0.211. The Morgan fingerprint density at radius 3 is 2.52 bits per heavy atom. The van der Waals surface area contributed by atoms with Crippen molar-refractivity contribution in [1.82, 2.24) is 9.80 Å². The minimum Gasteiger partial charge on any atom is -0.329 e. The van der Waals surface area contributed by atoms with E-state index in [9.17, 15) is 4.79 Å². The van der Waals surface area contributed by atoms with Gasteiger partial charge in [0.1, 0.15) is 0 Å². The molecule has 0 N–H and O–H groups in total. The van der Waals surface area contributed by atoms with Gasteiger partial charge in [-0.1, -0.05) is 55.5 Å². The summed E-state index contributed by atoms with van der Waals surface area (Å²) in [5, 5.41) is 0. The van der Waals surface area contributed by atoms with Gasteiger partial charge in [-0.3, -0.25) is 9.69 Å². The summed E-state index contributed by atoms with van der Waals surface area (Å²) in [7, 11) is 0. The molecule has 118 valence electrons. The van der Waals surface area contributed by atoms with Crippen molar-refractivity contribution in [3.05, 3.63) is 71.3 Å². The van der Waals surface area contributed by atoms with Crippen LogP contribution in [0.5, 0.6) is 0 Å². The highest BCUT2D eigenvalue weighted by Crippen LogP contribution is 2.38. The topological polar surface area (TPSA) is 23.6 Å². The fourth-order valence-electron chi connectivity index (χ4n) is 3.97. The summed E-state index contributed by atoms with van der Waals surface area (Å²) >= 11 is 0. The van der Waals surface area contributed by atoms with Gasteiger partial charge in [-0.15, -0.1) is 0 Å². The van der Waals surface area contributed by atoms with Gasteiger partial charge in [-0.25, -0.2) is 0 Å². The van der Waals surface area contributed by atoms with E-state index >= 15 is 0 Å². The molecule has 1 saturated heterocycles. The average Bonchev–Trinajstić information content (AvgIpc) is 2.88. The van der Waals surface area contributed by atoms with Crippen LogP contribution in [0, 0.1) is 0 Å². The van der Waals surface area contributed by atoms with Crippen LogP contribution in [-0.2, 0) is 6.54 Å².